The third kappa shape index (κ3) is 5.57. The minimum absolute atomic E-state index is 0.474. The van der Waals surface area contributed by atoms with Gasteiger partial charge in [0.25, 0.3) is 0 Å². The maximum atomic E-state index is 4.37. The highest BCUT2D eigenvalue weighted by Crippen LogP contribution is 2.23. The zero-order valence-corrected chi connectivity index (χ0v) is 16.7. The molecule has 1 aromatic carbocycles. The van der Waals surface area contributed by atoms with Crippen molar-refractivity contribution >= 4 is 5.96 Å². The summed E-state index contributed by atoms with van der Waals surface area (Å²) in [6, 6.07) is 11.7. The van der Waals surface area contributed by atoms with E-state index in [0.29, 0.717) is 12.1 Å². The molecule has 6 nitrogen and oxygen atoms in total. The van der Waals surface area contributed by atoms with Crippen LogP contribution < -0.4 is 10.6 Å². The fourth-order valence-corrected chi connectivity index (χ4v) is 3.64. The van der Waals surface area contributed by atoms with Crippen LogP contribution in [0.4, 0.5) is 0 Å². The molecule has 1 unspecified atom stereocenters. The molecule has 6 heteroatoms. The first-order valence-electron chi connectivity index (χ1n) is 9.91. The molecule has 2 heterocycles. The molecule has 0 aliphatic carbocycles. The molecule has 1 fully saturated rings. The molecule has 1 atom stereocenters. The number of aromatic nitrogens is 2. The van der Waals surface area contributed by atoms with Gasteiger partial charge in [-0.1, -0.05) is 30.3 Å². The Morgan fingerprint density at radius 2 is 2.00 bits per heavy atom. The second-order valence-electron chi connectivity index (χ2n) is 7.32. The molecule has 0 bridgehead atoms. The van der Waals surface area contributed by atoms with Crippen molar-refractivity contribution in [3.8, 4) is 0 Å². The fourth-order valence-electron chi connectivity index (χ4n) is 3.64. The van der Waals surface area contributed by atoms with Gasteiger partial charge in [0, 0.05) is 45.0 Å². The lowest BCUT2D eigenvalue weighted by Crippen LogP contribution is -2.49. The summed E-state index contributed by atoms with van der Waals surface area (Å²) in [5, 5.41) is 11.3. The summed E-state index contributed by atoms with van der Waals surface area (Å²) < 4.78 is 1.96. The first-order chi connectivity index (χ1) is 13.2. The summed E-state index contributed by atoms with van der Waals surface area (Å²) in [5.74, 6) is 0.883. The quantitative estimate of drug-likeness (QED) is 0.608. The van der Waals surface area contributed by atoms with E-state index in [0.717, 1.165) is 45.0 Å². The number of aliphatic imine (C=N–C) groups is 1. The van der Waals surface area contributed by atoms with Crippen LogP contribution in [0.15, 0.2) is 47.7 Å². The predicted octanol–water partition coefficient (Wildman–Crippen LogP) is 2.58. The van der Waals surface area contributed by atoms with Crippen molar-refractivity contribution in [2.45, 2.75) is 45.3 Å². The fraction of sp³-hybridized carbons (Fsp3) is 0.524. The van der Waals surface area contributed by atoms with E-state index in [9.17, 15) is 0 Å². The molecule has 146 valence electrons. The van der Waals surface area contributed by atoms with E-state index in [1.807, 2.05) is 17.9 Å². The highest BCUT2D eigenvalue weighted by Gasteiger charge is 2.23. The molecular formula is C21H32N6. The predicted molar refractivity (Wildman–Crippen MR) is 111 cm³/mol. The Labute approximate surface area is 162 Å². The van der Waals surface area contributed by atoms with E-state index in [4.69, 9.17) is 0 Å². The number of hydrogen-bond acceptors (Lipinski definition) is 3. The Morgan fingerprint density at radius 3 is 2.63 bits per heavy atom. The zero-order valence-electron chi connectivity index (χ0n) is 16.7. The molecule has 2 aromatic rings. The van der Waals surface area contributed by atoms with Crippen molar-refractivity contribution in [1.82, 2.24) is 25.3 Å². The molecule has 1 aromatic heterocycles. The summed E-state index contributed by atoms with van der Waals surface area (Å²) in [4.78, 5) is 6.94. The standard InChI is InChI=1S/C21H32N6/c1-17-15-24-27(16-17)14-11-23-21(22-3)25-20-9-12-26(13-10-20)18(2)19-7-5-4-6-8-19/h4-8,15-16,18,20H,9-14H2,1-3H3,(H2,22,23,25). The molecule has 0 spiro atoms. The molecule has 27 heavy (non-hydrogen) atoms. The van der Waals surface area contributed by atoms with Gasteiger partial charge in [-0.15, -0.1) is 0 Å². The topological polar surface area (TPSA) is 57.5 Å². The zero-order chi connectivity index (χ0) is 19.1. The number of piperidine rings is 1. The molecular weight excluding hydrogens is 336 g/mol. The lowest BCUT2D eigenvalue weighted by atomic mass is 10.0. The van der Waals surface area contributed by atoms with Crippen molar-refractivity contribution in [3.05, 3.63) is 53.9 Å². The highest BCUT2D eigenvalue weighted by atomic mass is 15.3. The van der Waals surface area contributed by atoms with Gasteiger partial charge < -0.3 is 10.6 Å². The van der Waals surface area contributed by atoms with Gasteiger partial charge in [-0.3, -0.25) is 14.6 Å². The molecule has 0 amide bonds. The number of hydrogen-bond donors (Lipinski definition) is 2. The summed E-state index contributed by atoms with van der Waals surface area (Å²) in [6.45, 7) is 8.23. The minimum Gasteiger partial charge on any atom is -0.355 e. The number of aryl methyl sites for hydroxylation is 1. The van der Waals surface area contributed by atoms with Gasteiger partial charge in [-0.25, -0.2) is 0 Å². The normalized spacial score (nSPS) is 17.7. The first-order valence-corrected chi connectivity index (χ1v) is 9.91. The van der Waals surface area contributed by atoms with Crippen LogP contribution in [-0.4, -0.2) is 53.4 Å². The van der Waals surface area contributed by atoms with Gasteiger partial charge >= 0.3 is 0 Å². The average Bonchev–Trinajstić information content (AvgIpc) is 3.13. The third-order valence-corrected chi connectivity index (χ3v) is 5.32. The molecule has 3 rings (SSSR count). The van der Waals surface area contributed by atoms with Gasteiger partial charge in [0.1, 0.15) is 0 Å². The smallest absolute Gasteiger partial charge is 0.191 e. The van der Waals surface area contributed by atoms with Crippen LogP contribution in [0.25, 0.3) is 0 Å². The van der Waals surface area contributed by atoms with Crippen molar-refractivity contribution in [2.24, 2.45) is 4.99 Å². The number of likely N-dealkylation sites (tertiary alicyclic amines) is 1. The molecule has 1 aliphatic heterocycles. The molecule has 1 saturated heterocycles. The van der Waals surface area contributed by atoms with Crippen molar-refractivity contribution in [1.29, 1.82) is 0 Å². The van der Waals surface area contributed by atoms with Crippen LogP contribution in [0.5, 0.6) is 0 Å². The maximum Gasteiger partial charge on any atom is 0.191 e. The second-order valence-corrected chi connectivity index (χ2v) is 7.32. The average molecular weight is 369 g/mol. The van der Waals surface area contributed by atoms with Gasteiger partial charge in [0.2, 0.25) is 0 Å². The molecule has 2 N–H and O–H groups in total. The number of guanidine groups is 1. The SMILES string of the molecule is CN=C(NCCn1cc(C)cn1)NC1CCN(C(C)c2ccccc2)CC1. The van der Waals surface area contributed by atoms with Crippen LogP contribution in [0.2, 0.25) is 0 Å². The number of benzene rings is 1. The van der Waals surface area contributed by atoms with Crippen molar-refractivity contribution in [3.63, 3.8) is 0 Å². The Bertz CT molecular complexity index is 715. The minimum atomic E-state index is 0.474. The number of nitrogens with zero attached hydrogens (tertiary/aromatic N) is 4. The van der Waals surface area contributed by atoms with E-state index >= 15 is 0 Å². The van der Waals surface area contributed by atoms with E-state index in [1.165, 1.54) is 11.1 Å². The van der Waals surface area contributed by atoms with Crippen LogP contribution in [0.3, 0.4) is 0 Å². The summed E-state index contributed by atoms with van der Waals surface area (Å²) >= 11 is 0. The van der Waals surface area contributed by atoms with E-state index in [1.54, 1.807) is 0 Å². The lowest BCUT2D eigenvalue weighted by Gasteiger charge is -2.37. The number of nitrogens with one attached hydrogen (secondary N) is 2. The van der Waals surface area contributed by atoms with Gasteiger partial charge in [0.15, 0.2) is 5.96 Å². The molecule has 0 radical (unpaired) electrons. The largest absolute Gasteiger partial charge is 0.355 e. The van der Waals surface area contributed by atoms with Gasteiger partial charge in [0.05, 0.1) is 12.7 Å². The Hall–Kier alpha value is -2.34. The van der Waals surface area contributed by atoms with Crippen LogP contribution in [0.1, 0.15) is 36.9 Å². The first kappa shape index (κ1) is 19.4. The van der Waals surface area contributed by atoms with E-state index in [-0.39, 0.29) is 0 Å². The maximum absolute atomic E-state index is 4.37. The monoisotopic (exact) mass is 368 g/mol. The van der Waals surface area contributed by atoms with E-state index < -0.39 is 0 Å². The summed E-state index contributed by atoms with van der Waals surface area (Å²) in [5.41, 5.74) is 2.59. The van der Waals surface area contributed by atoms with Crippen molar-refractivity contribution < 1.29 is 0 Å². The number of rotatable bonds is 6. The Morgan fingerprint density at radius 1 is 1.26 bits per heavy atom. The lowest BCUT2D eigenvalue weighted by molar-refractivity contribution is 0.158. The Balaban J connectivity index is 1.40. The molecule has 0 saturated carbocycles. The van der Waals surface area contributed by atoms with Crippen LogP contribution in [-0.2, 0) is 6.54 Å². The van der Waals surface area contributed by atoms with Gasteiger partial charge in [-0.2, -0.15) is 5.10 Å². The van der Waals surface area contributed by atoms with Crippen molar-refractivity contribution in [2.75, 3.05) is 26.7 Å². The van der Waals surface area contributed by atoms with Crippen LogP contribution in [0, 0.1) is 6.92 Å². The highest BCUT2D eigenvalue weighted by molar-refractivity contribution is 5.79. The van der Waals surface area contributed by atoms with E-state index in [2.05, 4.69) is 76.0 Å². The van der Waals surface area contributed by atoms with Gasteiger partial charge in [-0.05, 0) is 37.8 Å². The Kier molecular flexibility index (Phi) is 6.87. The van der Waals surface area contributed by atoms with Crippen LogP contribution >= 0.6 is 0 Å². The second kappa shape index (κ2) is 9.55. The molecule has 1 aliphatic rings. The third-order valence-electron chi connectivity index (χ3n) is 5.32. The summed E-state index contributed by atoms with van der Waals surface area (Å²) in [7, 11) is 1.83. The summed E-state index contributed by atoms with van der Waals surface area (Å²) in [6.07, 6.45) is 6.21.